The van der Waals surface area contributed by atoms with Crippen LogP contribution in [0, 0.1) is 12.7 Å². The molecular formula is C55H61ClF4N6O3S3. The molecule has 2 aliphatic rings. The number of nitrogens with zero attached hydrogens (tertiary/aromatic N) is 4. The molecule has 0 amide bonds. The van der Waals surface area contributed by atoms with Crippen molar-refractivity contribution in [2.75, 3.05) is 71.4 Å². The predicted octanol–water partition coefficient (Wildman–Crippen LogP) is 14.6. The van der Waals surface area contributed by atoms with E-state index < -0.39 is 17.3 Å². The highest BCUT2D eigenvalue weighted by atomic mass is 35.5. The van der Waals surface area contributed by atoms with Gasteiger partial charge in [0.05, 0.1) is 23.5 Å². The number of nitrogens with one attached hydrogen (secondary N) is 2. The van der Waals surface area contributed by atoms with Crippen LogP contribution in [0.15, 0.2) is 130 Å². The predicted molar refractivity (Wildman–Crippen MR) is 291 cm³/mol. The molecular weight excluding hydrogens is 1000 g/mol. The number of aromatic nitrogens is 1. The minimum absolute atomic E-state index is 0.0719. The van der Waals surface area contributed by atoms with Gasteiger partial charge in [-0.1, -0.05) is 41.9 Å². The summed E-state index contributed by atoms with van der Waals surface area (Å²) in [6.07, 6.45) is 3.19. The van der Waals surface area contributed by atoms with E-state index in [1.807, 2.05) is 78.2 Å². The number of halogens is 5. The van der Waals surface area contributed by atoms with Gasteiger partial charge < -0.3 is 39.1 Å². The third-order valence-corrected chi connectivity index (χ3v) is 16.1. The molecule has 6 aromatic rings. The second kappa shape index (κ2) is 24.4. The topological polar surface area (TPSA) is 85.2 Å². The summed E-state index contributed by atoms with van der Waals surface area (Å²) in [5, 5.41) is 14.5. The van der Waals surface area contributed by atoms with Gasteiger partial charge in [0.2, 0.25) is 0 Å². The first-order valence-corrected chi connectivity index (χ1v) is 27.4. The maximum atomic E-state index is 15.6. The summed E-state index contributed by atoms with van der Waals surface area (Å²) in [5.41, 5.74) is 1.62. The van der Waals surface area contributed by atoms with Crippen LogP contribution in [0.25, 0.3) is 22.4 Å². The van der Waals surface area contributed by atoms with Gasteiger partial charge in [-0.05, 0) is 167 Å². The lowest BCUT2D eigenvalue weighted by Crippen LogP contribution is -2.46. The lowest BCUT2D eigenvalue weighted by molar-refractivity contribution is -0.0328. The van der Waals surface area contributed by atoms with Crippen molar-refractivity contribution in [2.24, 2.45) is 0 Å². The highest BCUT2D eigenvalue weighted by molar-refractivity contribution is 8.01. The van der Waals surface area contributed by atoms with Crippen LogP contribution in [0.4, 0.5) is 40.3 Å². The summed E-state index contributed by atoms with van der Waals surface area (Å²) in [4.78, 5) is 21.5. The van der Waals surface area contributed by atoms with Crippen molar-refractivity contribution in [2.45, 2.75) is 91.9 Å². The summed E-state index contributed by atoms with van der Waals surface area (Å²) in [6, 6.07) is 35.2. The van der Waals surface area contributed by atoms with Crippen molar-refractivity contribution in [1.29, 1.82) is 0 Å². The van der Waals surface area contributed by atoms with E-state index in [4.69, 9.17) is 16.3 Å². The number of carbonyl (C=O) groups is 1. The van der Waals surface area contributed by atoms with E-state index in [0.717, 1.165) is 60.7 Å². The third kappa shape index (κ3) is 14.0. The van der Waals surface area contributed by atoms with Crippen molar-refractivity contribution in [3.05, 3.63) is 137 Å². The van der Waals surface area contributed by atoms with Crippen LogP contribution in [0.2, 0.25) is 5.02 Å². The summed E-state index contributed by atoms with van der Waals surface area (Å²) in [7, 11) is 0. The number of thioether (sulfide) groups is 2. The third-order valence-electron chi connectivity index (χ3n) is 13.0. The number of carboxylic acids is 1. The first-order valence-electron chi connectivity index (χ1n) is 24.4. The van der Waals surface area contributed by atoms with Crippen molar-refractivity contribution < 1.29 is 32.2 Å². The van der Waals surface area contributed by atoms with Crippen LogP contribution in [0.5, 0.6) is 0 Å². The lowest BCUT2D eigenvalue weighted by Gasteiger charge is -2.37. The summed E-state index contributed by atoms with van der Waals surface area (Å²) >= 11 is 9.08. The van der Waals surface area contributed by atoms with Gasteiger partial charge in [-0.15, -0.1) is 11.8 Å². The van der Waals surface area contributed by atoms with Crippen molar-refractivity contribution in [1.82, 2.24) is 9.47 Å². The number of likely N-dealkylation sites (tertiary alicyclic amines) is 1. The molecule has 0 radical (unpaired) electrons. The molecule has 2 aliphatic heterocycles. The van der Waals surface area contributed by atoms with Crippen LogP contribution in [-0.4, -0.2) is 95.9 Å². The second-order valence-corrected chi connectivity index (χ2v) is 21.9. The molecule has 72 heavy (non-hydrogen) atoms. The molecule has 17 heteroatoms. The molecule has 3 N–H and O–H groups in total. The van der Waals surface area contributed by atoms with E-state index in [-0.39, 0.29) is 40.5 Å². The zero-order chi connectivity index (χ0) is 50.9. The number of piperidine rings is 1. The number of anilines is 4. The first-order chi connectivity index (χ1) is 34.6. The molecule has 2 fully saturated rings. The lowest BCUT2D eigenvalue weighted by atomic mass is 9.96. The number of aromatic carboxylic acids is 1. The number of hydrogen-bond acceptors (Lipinski definition) is 10. The van der Waals surface area contributed by atoms with Crippen molar-refractivity contribution in [3.8, 4) is 22.4 Å². The van der Waals surface area contributed by atoms with Crippen LogP contribution >= 0.6 is 47.1 Å². The number of alkyl halides is 3. The SMILES string of the molecule is CCn1c(C)c(C(=O)O)c(-c2cc(F)cc(N3CCN(c4ccc(NSc5ccc(NC(CCN6CCC(OC(C)C)CC6)CSc6ccccc6)c(SC(F)(F)F)c5)cc4)CC3)c2)c1-c1ccc(Cl)cc1. The van der Waals surface area contributed by atoms with Gasteiger partial charge in [0.15, 0.2) is 0 Å². The Bertz CT molecular complexity index is 2750. The molecule has 0 spiro atoms. The molecule has 0 saturated carbocycles. The van der Waals surface area contributed by atoms with Gasteiger partial charge in [-0.2, -0.15) is 13.2 Å². The normalized spacial score (nSPS) is 15.3. The van der Waals surface area contributed by atoms with Crippen molar-refractivity contribution in [3.63, 3.8) is 0 Å². The Morgan fingerprint density at radius 3 is 2.15 bits per heavy atom. The number of piperazine rings is 1. The van der Waals surface area contributed by atoms with Crippen molar-refractivity contribution >= 4 is 75.8 Å². The molecule has 1 atom stereocenters. The molecule has 1 unspecified atom stereocenters. The Morgan fingerprint density at radius 2 is 1.51 bits per heavy atom. The van der Waals surface area contributed by atoms with Gasteiger partial charge >= 0.3 is 11.5 Å². The molecule has 9 nitrogen and oxygen atoms in total. The fraction of sp³-hybridized carbons (Fsp3) is 0.364. The van der Waals surface area contributed by atoms with Gasteiger partial charge in [0.25, 0.3) is 0 Å². The standard InChI is InChI=1S/C55H61ClF4N6O3S3/c1-5-66-37(4)51(54(67)68)52(53(66)38-11-13-40(56)14-12-38)39-31-41(57)33-45(32-39)65-29-27-64(28-30-65)44-17-15-42(16-18-44)62-72-48-19-20-49(50(34-48)71-55(58,59)60)61-43(35-70-47-9-7-6-8-10-47)21-24-63-25-22-46(23-26-63)69-36(2)3/h6-20,31-34,36,43,46,61-62H,5,21-30,35H2,1-4H3,(H,67,68). The Balaban J connectivity index is 0.905. The zero-order valence-electron chi connectivity index (χ0n) is 40.9. The van der Waals surface area contributed by atoms with E-state index in [1.165, 1.54) is 24.1 Å². The number of carboxylic acid groups (broad SMARTS) is 1. The molecule has 5 aromatic carbocycles. The molecule has 8 rings (SSSR count). The van der Waals surface area contributed by atoms with Crippen LogP contribution in [-0.2, 0) is 11.3 Å². The molecule has 1 aromatic heterocycles. The van der Waals surface area contributed by atoms with Gasteiger partial charge in [0, 0.05) is 118 Å². The Hall–Kier alpha value is -4.97. The highest BCUT2D eigenvalue weighted by Gasteiger charge is 2.32. The quantitative estimate of drug-likeness (QED) is 0.0388. The van der Waals surface area contributed by atoms with E-state index in [0.29, 0.717) is 82.3 Å². The first kappa shape index (κ1) is 53.3. The molecule has 3 heterocycles. The van der Waals surface area contributed by atoms with Gasteiger partial charge in [-0.3, -0.25) is 0 Å². The average molecular weight is 1060 g/mol. The summed E-state index contributed by atoms with van der Waals surface area (Å²) in [5.74, 6) is -0.838. The zero-order valence-corrected chi connectivity index (χ0v) is 44.1. The summed E-state index contributed by atoms with van der Waals surface area (Å²) < 4.78 is 69.2. The number of rotatable bonds is 20. The Labute approximate surface area is 438 Å². The Kier molecular flexibility index (Phi) is 18.1. The van der Waals surface area contributed by atoms with E-state index >= 15 is 4.39 Å². The molecule has 0 bridgehead atoms. The summed E-state index contributed by atoms with van der Waals surface area (Å²) in [6.45, 7) is 13.6. The fourth-order valence-electron chi connectivity index (χ4n) is 9.58. The number of ether oxygens (including phenoxy) is 1. The number of benzene rings is 5. The average Bonchev–Trinajstić information content (AvgIpc) is 3.67. The van der Waals surface area contributed by atoms with E-state index in [9.17, 15) is 23.1 Å². The second-order valence-electron chi connectivity index (χ2n) is 18.3. The minimum Gasteiger partial charge on any atom is -0.478 e. The largest absolute Gasteiger partial charge is 0.478 e. The highest BCUT2D eigenvalue weighted by Crippen LogP contribution is 2.44. The molecule has 2 saturated heterocycles. The molecule has 382 valence electrons. The monoisotopic (exact) mass is 1060 g/mol. The maximum absolute atomic E-state index is 15.6. The Morgan fingerprint density at radius 1 is 0.833 bits per heavy atom. The smallest absolute Gasteiger partial charge is 0.446 e. The van der Waals surface area contributed by atoms with Crippen LogP contribution in [0.3, 0.4) is 0 Å². The molecule has 0 aliphatic carbocycles. The van der Waals surface area contributed by atoms with E-state index in [2.05, 4.69) is 50.7 Å². The van der Waals surface area contributed by atoms with E-state index in [1.54, 1.807) is 43.0 Å². The van der Waals surface area contributed by atoms with Crippen LogP contribution < -0.4 is 19.8 Å². The van der Waals surface area contributed by atoms with Gasteiger partial charge in [0.1, 0.15) is 5.82 Å². The fourth-order valence-corrected chi connectivity index (χ4v) is 12.1. The number of hydrogen-bond donors (Lipinski definition) is 3. The maximum Gasteiger partial charge on any atom is 0.446 e. The van der Waals surface area contributed by atoms with Gasteiger partial charge in [-0.25, -0.2) is 9.18 Å². The van der Waals surface area contributed by atoms with Crippen LogP contribution in [0.1, 0.15) is 56.1 Å². The minimum atomic E-state index is -4.47.